The number of fused-ring (bicyclic) bond motifs is 2. The molecule has 0 radical (unpaired) electrons. The summed E-state index contributed by atoms with van der Waals surface area (Å²) in [6, 6.07) is 5.68. The number of hydrogen-bond acceptors (Lipinski definition) is 5. The van der Waals surface area contributed by atoms with E-state index in [0.29, 0.717) is 24.6 Å². The average molecular weight is 338 g/mol. The van der Waals surface area contributed by atoms with Crippen LogP contribution in [0.3, 0.4) is 0 Å². The molecule has 24 heavy (non-hydrogen) atoms. The second-order valence-corrected chi connectivity index (χ2v) is 7.44. The monoisotopic (exact) mass is 338 g/mol. The second-order valence-electron chi connectivity index (χ2n) is 6.55. The Morgan fingerprint density at radius 1 is 1.29 bits per heavy atom. The van der Waals surface area contributed by atoms with Crippen molar-refractivity contribution in [3.8, 4) is 0 Å². The number of aromatic nitrogens is 3. The molecule has 0 saturated heterocycles. The minimum Gasteiger partial charge on any atom is -0.328 e. The van der Waals surface area contributed by atoms with E-state index in [2.05, 4.69) is 28.8 Å². The van der Waals surface area contributed by atoms with Crippen LogP contribution < -0.4 is 0 Å². The molecule has 0 N–H and O–H groups in total. The summed E-state index contributed by atoms with van der Waals surface area (Å²) in [5.41, 5.74) is 5.47. The first-order valence-corrected chi connectivity index (χ1v) is 8.94. The van der Waals surface area contributed by atoms with Gasteiger partial charge in [-0.15, -0.1) is 11.3 Å². The second kappa shape index (κ2) is 5.94. The molecule has 6 heteroatoms. The molecule has 1 aliphatic heterocycles. The van der Waals surface area contributed by atoms with Crippen molar-refractivity contribution in [3.63, 3.8) is 0 Å². The molecule has 0 bridgehead atoms. The van der Waals surface area contributed by atoms with E-state index < -0.39 is 0 Å². The Labute approximate surface area is 144 Å². The van der Waals surface area contributed by atoms with Crippen LogP contribution in [0.5, 0.6) is 0 Å². The average Bonchev–Trinajstić information content (AvgIpc) is 3.18. The topological polar surface area (TPSA) is 59.0 Å². The molecule has 0 spiro atoms. The number of nitrogens with zero attached hydrogens (tertiary/aromatic N) is 4. The molecule has 3 aromatic rings. The Hall–Kier alpha value is -2.34. The lowest BCUT2D eigenvalue weighted by Crippen LogP contribution is -2.25. The van der Waals surface area contributed by atoms with Gasteiger partial charge in [0.1, 0.15) is 5.82 Å². The van der Waals surface area contributed by atoms with Gasteiger partial charge < -0.3 is 4.90 Å². The van der Waals surface area contributed by atoms with Gasteiger partial charge in [0.2, 0.25) is 0 Å². The first-order chi connectivity index (χ1) is 11.6. The highest BCUT2D eigenvalue weighted by molar-refractivity contribution is 7.16. The van der Waals surface area contributed by atoms with Crippen LogP contribution in [-0.4, -0.2) is 25.8 Å². The minimum absolute atomic E-state index is 0.0358. The van der Waals surface area contributed by atoms with Crippen LogP contribution in [0.15, 0.2) is 29.9 Å². The van der Waals surface area contributed by atoms with Gasteiger partial charge in [-0.3, -0.25) is 4.79 Å². The fraction of sp³-hybridized carbons (Fsp3) is 0.333. The molecule has 4 rings (SSSR count). The summed E-state index contributed by atoms with van der Waals surface area (Å²) in [7, 11) is 0. The van der Waals surface area contributed by atoms with Gasteiger partial charge >= 0.3 is 0 Å². The van der Waals surface area contributed by atoms with Gasteiger partial charge in [-0.2, -0.15) is 0 Å². The maximum atomic E-state index is 12.8. The summed E-state index contributed by atoms with van der Waals surface area (Å²) in [4.78, 5) is 28.0. The molecule has 1 amide bonds. The zero-order chi connectivity index (χ0) is 16.7. The zero-order valence-corrected chi connectivity index (χ0v) is 14.5. The largest absolute Gasteiger partial charge is 0.328 e. The predicted molar refractivity (Wildman–Crippen MR) is 93.8 cm³/mol. The minimum atomic E-state index is 0.0358. The van der Waals surface area contributed by atoms with Gasteiger partial charge in [-0.05, 0) is 24.1 Å². The molecule has 1 aliphatic rings. The lowest BCUT2D eigenvalue weighted by molar-refractivity contribution is 0.0750. The SMILES string of the molecule is CC(C)Cc1ncc2c(n1)CN(C(=O)c1ccc3ncsc3c1)C2. The van der Waals surface area contributed by atoms with Crippen molar-refractivity contribution >= 4 is 27.5 Å². The van der Waals surface area contributed by atoms with Crippen LogP contribution in [0, 0.1) is 5.92 Å². The standard InChI is InChI=1S/C18H18N4OS/c1-11(2)5-17-19-7-13-8-22(9-15(13)21-17)18(23)12-3-4-14-16(6-12)24-10-20-14/h3-4,6-7,10-11H,5,8-9H2,1-2H3. The Morgan fingerprint density at radius 2 is 2.17 bits per heavy atom. The molecule has 0 aliphatic carbocycles. The molecule has 5 nitrogen and oxygen atoms in total. The highest BCUT2D eigenvalue weighted by Crippen LogP contribution is 2.25. The maximum absolute atomic E-state index is 12.8. The number of hydrogen-bond donors (Lipinski definition) is 0. The molecule has 122 valence electrons. The van der Waals surface area contributed by atoms with Gasteiger partial charge in [-0.25, -0.2) is 15.0 Å². The molecule has 0 saturated carbocycles. The number of benzene rings is 1. The fourth-order valence-electron chi connectivity index (χ4n) is 2.97. The lowest BCUT2D eigenvalue weighted by atomic mass is 10.1. The van der Waals surface area contributed by atoms with Crippen LogP contribution in [0.4, 0.5) is 0 Å². The molecule has 2 aromatic heterocycles. The van der Waals surface area contributed by atoms with E-state index in [9.17, 15) is 4.79 Å². The van der Waals surface area contributed by atoms with E-state index in [1.165, 1.54) is 0 Å². The quantitative estimate of drug-likeness (QED) is 0.734. The summed E-state index contributed by atoms with van der Waals surface area (Å²) >= 11 is 1.55. The lowest BCUT2D eigenvalue weighted by Gasteiger charge is -2.14. The van der Waals surface area contributed by atoms with Crippen LogP contribution in [0.1, 0.15) is 41.3 Å². The van der Waals surface area contributed by atoms with Gasteiger partial charge in [0.15, 0.2) is 0 Å². The van der Waals surface area contributed by atoms with E-state index in [1.54, 1.807) is 16.8 Å². The molecular weight excluding hydrogens is 320 g/mol. The maximum Gasteiger partial charge on any atom is 0.254 e. The van der Waals surface area contributed by atoms with E-state index >= 15 is 0 Å². The van der Waals surface area contributed by atoms with Crippen LogP contribution in [0.2, 0.25) is 0 Å². The van der Waals surface area contributed by atoms with E-state index in [0.717, 1.165) is 33.7 Å². The highest BCUT2D eigenvalue weighted by atomic mass is 32.1. The summed E-state index contributed by atoms with van der Waals surface area (Å²) in [6.45, 7) is 5.45. The van der Waals surface area contributed by atoms with Crippen molar-refractivity contribution in [1.29, 1.82) is 0 Å². The first kappa shape index (κ1) is 15.2. The predicted octanol–water partition coefficient (Wildman–Crippen LogP) is 3.44. The third-order valence-electron chi connectivity index (χ3n) is 4.16. The molecule has 0 atom stereocenters. The summed E-state index contributed by atoms with van der Waals surface area (Å²) < 4.78 is 1.04. The third kappa shape index (κ3) is 2.78. The number of carbonyl (C=O) groups excluding carboxylic acids is 1. The van der Waals surface area contributed by atoms with Crippen molar-refractivity contribution in [2.24, 2.45) is 5.92 Å². The number of rotatable bonds is 3. The van der Waals surface area contributed by atoms with Gasteiger partial charge in [0.25, 0.3) is 5.91 Å². The van der Waals surface area contributed by atoms with Gasteiger partial charge in [0.05, 0.1) is 28.0 Å². The summed E-state index contributed by atoms with van der Waals surface area (Å²) in [5, 5.41) is 0. The van der Waals surface area contributed by atoms with Crippen molar-refractivity contribution in [2.75, 3.05) is 0 Å². The normalized spacial score (nSPS) is 13.7. The molecule has 0 unspecified atom stereocenters. The van der Waals surface area contributed by atoms with Crippen molar-refractivity contribution in [2.45, 2.75) is 33.4 Å². The molecule has 3 heterocycles. The van der Waals surface area contributed by atoms with Crippen molar-refractivity contribution in [1.82, 2.24) is 19.9 Å². The van der Waals surface area contributed by atoms with Gasteiger partial charge in [0, 0.05) is 30.3 Å². The smallest absolute Gasteiger partial charge is 0.254 e. The number of carbonyl (C=O) groups is 1. The Bertz CT molecular complexity index is 918. The van der Waals surface area contributed by atoms with Crippen molar-refractivity contribution < 1.29 is 4.79 Å². The molecule has 1 aromatic carbocycles. The molecular formula is C18H18N4OS. The zero-order valence-electron chi connectivity index (χ0n) is 13.7. The highest BCUT2D eigenvalue weighted by Gasteiger charge is 2.26. The van der Waals surface area contributed by atoms with Crippen LogP contribution in [-0.2, 0) is 19.5 Å². The first-order valence-electron chi connectivity index (χ1n) is 8.06. The third-order valence-corrected chi connectivity index (χ3v) is 4.95. The van der Waals surface area contributed by atoms with E-state index in [4.69, 9.17) is 0 Å². The fourth-order valence-corrected chi connectivity index (χ4v) is 3.69. The molecule has 0 fully saturated rings. The van der Waals surface area contributed by atoms with Crippen LogP contribution >= 0.6 is 11.3 Å². The number of amides is 1. The Morgan fingerprint density at radius 3 is 3.00 bits per heavy atom. The van der Waals surface area contributed by atoms with Crippen molar-refractivity contribution in [3.05, 3.63) is 52.6 Å². The van der Waals surface area contributed by atoms with Gasteiger partial charge in [-0.1, -0.05) is 13.8 Å². The summed E-state index contributed by atoms with van der Waals surface area (Å²) in [5.74, 6) is 1.42. The number of thiazole rings is 1. The van der Waals surface area contributed by atoms with E-state index in [-0.39, 0.29) is 5.91 Å². The Kier molecular flexibility index (Phi) is 3.76. The Balaban J connectivity index is 1.56. The summed E-state index contributed by atoms with van der Waals surface area (Å²) in [6.07, 6.45) is 2.74. The van der Waals surface area contributed by atoms with E-state index in [1.807, 2.05) is 29.3 Å². The van der Waals surface area contributed by atoms with Crippen LogP contribution in [0.25, 0.3) is 10.2 Å².